The molecule has 0 amide bonds. The van der Waals surface area contributed by atoms with E-state index in [0.29, 0.717) is 13.1 Å². The first-order chi connectivity index (χ1) is 10.2. The zero-order valence-electron chi connectivity index (χ0n) is 13.6. The summed E-state index contributed by atoms with van der Waals surface area (Å²) in [4.78, 5) is 10.7. The fourth-order valence-corrected chi connectivity index (χ4v) is 4.50. The maximum atomic E-state index is 12.1. The van der Waals surface area contributed by atoms with Crippen molar-refractivity contribution in [3.63, 3.8) is 0 Å². The van der Waals surface area contributed by atoms with Crippen LogP contribution in [0.4, 0.5) is 0 Å². The van der Waals surface area contributed by atoms with Crippen LogP contribution in [0.3, 0.4) is 0 Å². The summed E-state index contributed by atoms with van der Waals surface area (Å²) in [5, 5.41) is 6.45. The van der Waals surface area contributed by atoms with Crippen LogP contribution >= 0.6 is 11.3 Å². The molecule has 0 bridgehead atoms. The Labute approximate surface area is 136 Å². The normalized spacial score (nSPS) is 20.9. The highest BCUT2D eigenvalue weighted by atomic mass is 32.2. The molecule has 2 rings (SSSR count). The van der Waals surface area contributed by atoms with Gasteiger partial charge < -0.3 is 10.2 Å². The molecule has 0 atom stereocenters. The zero-order chi connectivity index (χ0) is 16.4. The van der Waals surface area contributed by atoms with Gasteiger partial charge in [-0.25, -0.2) is 13.4 Å². The Morgan fingerprint density at radius 2 is 2.27 bits per heavy atom. The van der Waals surface area contributed by atoms with E-state index in [1.807, 2.05) is 11.8 Å². The number of sulfone groups is 1. The highest BCUT2D eigenvalue weighted by Gasteiger charge is 2.40. The second kappa shape index (κ2) is 6.54. The lowest BCUT2D eigenvalue weighted by Gasteiger charge is -2.39. The number of hydrogen-bond acceptors (Lipinski definition) is 5. The molecular formula is C14H24N4O2S2. The predicted octanol–water partition coefficient (Wildman–Crippen LogP) is 1.08. The molecule has 1 aromatic rings. The summed E-state index contributed by atoms with van der Waals surface area (Å²) in [5.74, 6) is 0.932. The van der Waals surface area contributed by atoms with Gasteiger partial charge in [-0.3, -0.25) is 4.99 Å². The molecule has 1 aliphatic heterocycles. The number of aryl methyl sites for hydroxylation is 1. The lowest BCUT2D eigenvalue weighted by atomic mass is 10.2. The largest absolute Gasteiger partial charge is 0.356 e. The SMILES string of the molecule is CN=C(NCCc1csc(C)n1)N1CCS(=O)(=O)C(C)(C)C1. The molecule has 1 saturated heterocycles. The van der Waals surface area contributed by atoms with Crippen molar-refractivity contribution in [1.29, 1.82) is 0 Å². The van der Waals surface area contributed by atoms with Crippen LogP contribution in [0.15, 0.2) is 10.4 Å². The highest BCUT2D eigenvalue weighted by molar-refractivity contribution is 7.92. The van der Waals surface area contributed by atoms with E-state index in [1.165, 1.54) is 0 Å². The standard InChI is InChI=1S/C14H24N4O2S2/c1-11-17-12(9-21-11)5-6-16-13(15-4)18-7-8-22(19,20)14(2,3)10-18/h9H,5-8,10H2,1-4H3,(H,15,16). The van der Waals surface area contributed by atoms with Gasteiger partial charge in [-0.15, -0.1) is 11.3 Å². The van der Waals surface area contributed by atoms with Crippen molar-refractivity contribution in [1.82, 2.24) is 15.2 Å². The van der Waals surface area contributed by atoms with Crippen LogP contribution in [0.2, 0.25) is 0 Å². The summed E-state index contributed by atoms with van der Waals surface area (Å²) < 4.78 is 23.4. The molecule has 8 heteroatoms. The van der Waals surface area contributed by atoms with E-state index < -0.39 is 14.6 Å². The first kappa shape index (κ1) is 17.2. The lowest BCUT2D eigenvalue weighted by molar-refractivity contribution is 0.353. The molecule has 1 N–H and O–H groups in total. The minimum Gasteiger partial charge on any atom is -0.356 e. The molecule has 0 aliphatic carbocycles. The first-order valence-electron chi connectivity index (χ1n) is 7.34. The summed E-state index contributed by atoms with van der Waals surface area (Å²) in [6.45, 7) is 7.24. The van der Waals surface area contributed by atoms with Gasteiger partial charge in [0.05, 0.1) is 21.2 Å². The van der Waals surface area contributed by atoms with Crippen LogP contribution in [0.1, 0.15) is 24.5 Å². The molecule has 1 aliphatic rings. The fraction of sp³-hybridized carbons (Fsp3) is 0.714. The lowest BCUT2D eigenvalue weighted by Crippen LogP contribution is -2.57. The topological polar surface area (TPSA) is 74.7 Å². The van der Waals surface area contributed by atoms with Crippen molar-refractivity contribution in [2.75, 3.05) is 32.4 Å². The van der Waals surface area contributed by atoms with Gasteiger partial charge in [0.15, 0.2) is 15.8 Å². The van der Waals surface area contributed by atoms with E-state index >= 15 is 0 Å². The third-order valence-electron chi connectivity index (χ3n) is 3.89. The smallest absolute Gasteiger partial charge is 0.193 e. The van der Waals surface area contributed by atoms with E-state index in [0.717, 1.165) is 29.6 Å². The average Bonchev–Trinajstić information content (AvgIpc) is 2.84. The van der Waals surface area contributed by atoms with Crippen LogP contribution in [-0.2, 0) is 16.3 Å². The summed E-state index contributed by atoms with van der Waals surface area (Å²) >= 11 is 1.65. The van der Waals surface area contributed by atoms with Gasteiger partial charge in [0, 0.05) is 38.5 Å². The molecule has 0 spiro atoms. The van der Waals surface area contributed by atoms with Crippen LogP contribution in [0.5, 0.6) is 0 Å². The Morgan fingerprint density at radius 3 is 2.82 bits per heavy atom. The monoisotopic (exact) mass is 344 g/mol. The van der Waals surface area contributed by atoms with E-state index in [-0.39, 0.29) is 5.75 Å². The van der Waals surface area contributed by atoms with Gasteiger partial charge in [-0.2, -0.15) is 0 Å². The minimum absolute atomic E-state index is 0.173. The van der Waals surface area contributed by atoms with Gasteiger partial charge in [0.2, 0.25) is 0 Å². The van der Waals surface area contributed by atoms with E-state index in [1.54, 1.807) is 32.2 Å². The number of nitrogens with zero attached hydrogens (tertiary/aromatic N) is 3. The van der Waals surface area contributed by atoms with Crippen molar-refractivity contribution in [2.45, 2.75) is 31.9 Å². The molecular weight excluding hydrogens is 320 g/mol. The Balaban J connectivity index is 1.92. The van der Waals surface area contributed by atoms with Crippen LogP contribution in [0.25, 0.3) is 0 Å². The molecule has 0 aromatic carbocycles. The van der Waals surface area contributed by atoms with Crippen molar-refractivity contribution >= 4 is 27.1 Å². The molecule has 0 saturated carbocycles. The third kappa shape index (κ3) is 3.78. The average molecular weight is 345 g/mol. The van der Waals surface area contributed by atoms with E-state index in [4.69, 9.17) is 0 Å². The molecule has 1 aromatic heterocycles. The molecule has 124 valence electrons. The highest BCUT2D eigenvalue weighted by Crippen LogP contribution is 2.23. The molecule has 1 fully saturated rings. The maximum Gasteiger partial charge on any atom is 0.193 e. The summed E-state index contributed by atoms with van der Waals surface area (Å²) in [5.41, 5.74) is 1.08. The molecule has 0 unspecified atom stereocenters. The van der Waals surface area contributed by atoms with Gasteiger partial charge in [-0.1, -0.05) is 0 Å². The minimum atomic E-state index is -3.03. The van der Waals surface area contributed by atoms with Crippen LogP contribution in [0, 0.1) is 6.92 Å². The Morgan fingerprint density at radius 1 is 1.55 bits per heavy atom. The number of aliphatic imine (C=N–C) groups is 1. The number of rotatable bonds is 3. The van der Waals surface area contributed by atoms with Crippen molar-refractivity contribution in [2.24, 2.45) is 4.99 Å². The number of aromatic nitrogens is 1. The Hall–Kier alpha value is -1.15. The Bertz CT molecular complexity index is 650. The molecule has 6 nitrogen and oxygen atoms in total. The summed E-state index contributed by atoms with van der Waals surface area (Å²) in [7, 11) is -1.30. The van der Waals surface area contributed by atoms with Crippen molar-refractivity contribution in [3.05, 3.63) is 16.1 Å². The quantitative estimate of drug-likeness (QED) is 0.656. The second-order valence-corrected chi connectivity index (χ2v) is 9.89. The van der Waals surface area contributed by atoms with Crippen molar-refractivity contribution < 1.29 is 8.42 Å². The number of guanidine groups is 1. The van der Waals surface area contributed by atoms with Crippen molar-refractivity contribution in [3.8, 4) is 0 Å². The Kier molecular flexibility index (Phi) is 5.11. The van der Waals surface area contributed by atoms with E-state index in [2.05, 4.69) is 20.7 Å². The van der Waals surface area contributed by atoms with Gasteiger partial charge in [0.1, 0.15) is 0 Å². The number of nitrogens with one attached hydrogen (secondary N) is 1. The number of hydrogen-bond donors (Lipinski definition) is 1. The zero-order valence-corrected chi connectivity index (χ0v) is 15.2. The van der Waals surface area contributed by atoms with Gasteiger partial charge >= 0.3 is 0 Å². The van der Waals surface area contributed by atoms with Crippen LogP contribution in [-0.4, -0.2) is 61.4 Å². The fourth-order valence-electron chi connectivity index (χ4n) is 2.48. The molecule has 22 heavy (non-hydrogen) atoms. The van der Waals surface area contributed by atoms with Gasteiger partial charge in [0.25, 0.3) is 0 Å². The summed E-state index contributed by atoms with van der Waals surface area (Å²) in [6, 6.07) is 0. The summed E-state index contributed by atoms with van der Waals surface area (Å²) in [6.07, 6.45) is 0.832. The molecule has 2 heterocycles. The third-order valence-corrected chi connectivity index (χ3v) is 7.24. The molecule has 0 radical (unpaired) electrons. The maximum absolute atomic E-state index is 12.1. The van der Waals surface area contributed by atoms with Crippen LogP contribution < -0.4 is 5.32 Å². The first-order valence-corrected chi connectivity index (χ1v) is 9.87. The van der Waals surface area contributed by atoms with E-state index in [9.17, 15) is 8.42 Å². The number of thiazole rings is 1. The second-order valence-electron chi connectivity index (χ2n) is 6.08. The van der Waals surface area contributed by atoms with Gasteiger partial charge in [-0.05, 0) is 20.8 Å². The predicted molar refractivity (Wildman–Crippen MR) is 91.4 cm³/mol.